The fraction of sp³-hybridized carbons (Fsp3) is 0.939. The minimum Gasteiger partial charge on any atom is -0.394 e. The summed E-state index contributed by atoms with van der Waals surface area (Å²) < 4.78 is 11.9. The quantitative estimate of drug-likeness (QED) is 0.311. The highest BCUT2D eigenvalue weighted by Gasteiger charge is 2.59. The summed E-state index contributed by atoms with van der Waals surface area (Å²) in [6.45, 7) is 12.0. The third kappa shape index (κ3) is 5.41. The van der Waals surface area contributed by atoms with E-state index in [1.807, 2.05) is 0 Å². The maximum Gasteiger partial charge on any atom is 0.186 e. The Bertz CT molecular complexity index is 872. The molecule has 1 heterocycles. The van der Waals surface area contributed by atoms with Gasteiger partial charge in [-0.3, -0.25) is 0 Å². The van der Waals surface area contributed by atoms with Crippen LogP contribution in [0, 0.1) is 46.3 Å². The van der Waals surface area contributed by atoms with E-state index in [1.165, 1.54) is 56.9 Å². The molecule has 5 rings (SSSR count). The number of aliphatic hydroxyl groups excluding tert-OH is 4. The van der Waals surface area contributed by atoms with Crippen LogP contribution in [0.15, 0.2) is 11.6 Å². The normalized spacial score (nSPS) is 48.7. The first-order chi connectivity index (χ1) is 18.5. The van der Waals surface area contributed by atoms with Gasteiger partial charge in [0.1, 0.15) is 24.4 Å². The first-order valence-electron chi connectivity index (χ1n) is 16.1. The summed E-state index contributed by atoms with van der Waals surface area (Å²) in [6.07, 6.45) is 9.98. The van der Waals surface area contributed by atoms with Crippen molar-refractivity contribution < 1.29 is 29.9 Å². The van der Waals surface area contributed by atoms with Crippen LogP contribution in [0.4, 0.5) is 0 Å². The average molecular weight is 549 g/mol. The summed E-state index contributed by atoms with van der Waals surface area (Å²) in [5.41, 5.74) is 2.20. The fourth-order valence-corrected chi connectivity index (χ4v) is 10.1. The van der Waals surface area contributed by atoms with E-state index < -0.39 is 37.3 Å². The number of fused-ring (bicyclic) bond motifs is 5. The Morgan fingerprint density at radius 2 is 1.72 bits per heavy atom. The van der Waals surface area contributed by atoms with Crippen LogP contribution in [0.3, 0.4) is 0 Å². The first kappa shape index (κ1) is 30.0. The van der Waals surface area contributed by atoms with Crippen molar-refractivity contribution in [1.29, 1.82) is 0 Å². The van der Waals surface area contributed by atoms with Gasteiger partial charge in [0, 0.05) is 0 Å². The summed E-state index contributed by atoms with van der Waals surface area (Å²) in [6, 6.07) is 0. The molecule has 1 saturated heterocycles. The number of hydrogen-bond acceptors (Lipinski definition) is 6. The van der Waals surface area contributed by atoms with Gasteiger partial charge in [-0.1, -0.05) is 65.5 Å². The van der Waals surface area contributed by atoms with Gasteiger partial charge in [-0.15, -0.1) is 0 Å². The molecule has 6 heteroatoms. The molecule has 224 valence electrons. The number of aliphatic hydroxyl groups is 4. The van der Waals surface area contributed by atoms with Crippen LogP contribution in [-0.2, 0) is 9.47 Å². The predicted molar refractivity (Wildman–Crippen MR) is 152 cm³/mol. The van der Waals surface area contributed by atoms with E-state index in [2.05, 4.69) is 40.7 Å². The van der Waals surface area contributed by atoms with Crippen molar-refractivity contribution in [2.75, 3.05) is 6.61 Å². The Morgan fingerprint density at radius 1 is 0.949 bits per heavy atom. The lowest BCUT2D eigenvalue weighted by Crippen LogP contribution is -2.60. The molecule has 0 radical (unpaired) electrons. The summed E-state index contributed by atoms with van der Waals surface area (Å²) in [7, 11) is 0. The lowest BCUT2D eigenvalue weighted by molar-refractivity contribution is -0.313. The van der Waals surface area contributed by atoms with Crippen molar-refractivity contribution in [3.8, 4) is 0 Å². The van der Waals surface area contributed by atoms with Crippen LogP contribution in [0.2, 0.25) is 0 Å². The Kier molecular flexibility index (Phi) is 8.95. The fourth-order valence-electron chi connectivity index (χ4n) is 10.1. The summed E-state index contributed by atoms with van der Waals surface area (Å²) in [4.78, 5) is 0. The van der Waals surface area contributed by atoms with Crippen molar-refractivity contribution in [2.45, 2.75) is 142 Å². The molecule has 3 saturated carbocycles. The lowest BCUT2D eigenvalue weighted by atomic mass is 9.47. The highest BCUT2D eigenvalue weighted by atomic mass is 16.7. The molecule has 0 bridgehead atoms. The molecule has 39 heavy (non-hydrogen) atoms. The second-order valence-corrected chi connectivity index (χ2v) is 15.0. The van der Waals surface area contributed by atoms with E-state index in [9.17, 15) is 20.4 Å². The van der Waals surface area contributed by atoms with Crippen molar-refractivity contribution >= 4 is 0 Å². The van der Waals surface area contributed by atoms with Gasteiger partial charge in [0.25, 0.3) is 0 Å². The molecule has 4 fully saturated rings. The molecular weight excluding hydrogens is 492 g/mol. The molecular formula is C33H56O6. The van der Waals surface area contributed by atoms with Crippen LogP contribution in [-0.4, -0.2) is 63.8 Å². The van der Waals surface area contributed by atoms with Gasteiger partial charge < -0.3 is 29.9 Å². The van der Waals surface area contributed by atoms with Crippen LogP contribution >= 0.6 is 0 Å². The maximum absolute atomic E-state index is 10.5. The standard InChI is InChI=1S/C33H56O6/c1-19(2)7-6-8-20(3)24-11-12-25-23-10-9-21-17-22(13-15-32(21,4)26(23)14-16-33(24,25)5)38-31-30(37)29(36)28(35)27(18-34)39-31/h9,19-20,22-31,34-37H,6-8,10-18H2,1-5H3/t20-,22+,23+,24-,25+,26+,27?,28-,29?,30+,31+,32+,33-/m1/s1. The largest absolute Gasteiger partial charge is 0.394 e. The van der Waals surface area contributed by atoms with E-state index in [0.29, 0.717) is 5.41 Å². The Balaban J connectivity index is 1.24. The topological polar surface area (TPSA) is 99.4 Å². The zero-order valence-electron chi connectivity index (χ0n) is 25.1. The lowest BCUT2D eigenvalue weighted by Gasteiger charge is -2.58. The van der Waals surface area contributed by atoms with Crippen molar-refractivity contribution in [3.05, 3.63) is 11.6 Å². The van der Waals surface area contributed by atoms with E-state index in [4.69, 9.17) is 9.47 Å². The van der Waals surface area contributed by atoms with Gasteiger partial charge in [0.2, 0.25) is 0 Å². The van der Waals surface area contributed by atoms with Gasteiger partial charge in [-0.05, 0) is 97.7 Å². The summed E-state index contributed by atoms with van der Waals surface area (Å²) >= 11 is 0. The van der Waals surface area contributed by atoms with Gasteiger partial charge in [-0.2, -0.15) is 0 Å². The molecule has 0 aromatic rings. The van der Waals surface area contributed by atoms with Crippen molar-refractivity contribution in [2.24, 2.45) is 46.3 Å². The number of ether oxygens (including phenoxy) is 2. The number of rotatable bonds is 8. The van der Waals surface area contributed by atoms with Crippen LogP contribution < -0.4 is 0 Å². The Morgan fingerprint density at radius 3 is 2.44 bits per heavy atom. The Hall–Kier alpha value is -0.500. The smallest absolute Gasteiger partial charge is 0.186 e. The molecule has 2 unspecified atom stereocenters. The van der Waals surface area contributed by atoms with E-state index in [1.54, 1.807) is 0 Å². The van der Waals surface area contributed by atoms with E-state index >= 15 is 0 Å². The van der Waals surface area contributed by atoms with Gasteiger partial charge in [0.05, 0.1) is 12.7 Å². The molecule has 5 aliphatic rings. The van der Waals surface area contributed by atoms with Gasteiger partial charge in [-0.25, -0.2) is 0 Å². The predicted octanol–water partition coefficient (Wildman–Crippen LogP) is 5.21. The number of allylic oxidation sites excluding steroid dienone is 1. The SMILES string of the molecule is CC(C)CCC[C@@H](C)[C@H]1CC[C@H]2[C@@H]3CC=C4C[C@@H](O[C@H]5OC(CO)[C@@H](O)C(O)[C@@H]5O)CC[C@]4(C)[C@H]3CC[C@]12C. The zero-order chi connectivity index (χ0) is 28.1. The van der Waals surface area contributed by atoms with Crippen LogP contribution in [0.25, 0.3) is 0 Å². The zero-order valence-corrected chi connectivity index (χ0v) is 25.1. The highest BCUT2D eigenvalue weighted by Crippen LogP contribution is 2.67. The molecule has 6 nitrogen and oxygen atoms in total. The summed E-state index contributed by atoms with van der Waals surface area (Å²) in [5, 5.41) is 40.3. The third-order valence-corrected chi connectivity index (χ3v) is 12.4. The second kappa shape index (κ2) is 11.6. The molecule has 4 aliphatic carbocycles. The monoisotopic (exact) mass is 548 g/mol. The van der Waals surface area contributed by atoms with E-state index in [0.717, 1.165) is 54.8 Å². The minimum atomic E-state index is -1.39. The molecule has 0 aromatic carbocycles. The minimum absolute atomic E-state index is 0.0984. The molecule has 0 spiro atoms. The Labute approximate surface area is 236 Å². The third-order valence-electron chi connectivity index (χ3n) is 12.4. The van der Waals surface area contributed by atoms with E-state index in [-0.39, 0.29) is 11.5 Å². The number of hydrogen-bond donors (Lipinski definition) is 4. The average Bonchev–Trinajstić information content (AvgIpc) is 3.26. The maximum atomic E-state index is 10.5. The molecule has 13 atom stereocenters. The second-order valence-electron chi connectivity index (χ2n) is 15.0. The van der Waals surface area contributed by atoms with Crippen LogP contribution in [0.5, 0.6) is 0 Å². The molecule has 0 aromatic heterocycles. The summed E-state index contributed by atoms with van der Waals surface area (Å²) in [5.74, 6) is 4.87. The van der Waals surface area contributed by atoms with Gasteiger partial charge in [0.15, 0.2) is 6.29 Å². The highest BCUT2D eigenvalue weighted by molar-refractivity contribution is 5.25. The van der Waals surface area contributed by atoms with Crippen molar-refractivity contribution in [1.82, 2.24) is 0 Å². The first-order valence-corrected chi connectivity index (χ1v) is 16.1. The molecule has 0 amide bonds. The van der Waals surface area contributed by atoms with Crippen LogP contribution in [0.1, 0.15) is 105 Å². The van der Waals surface area contributed by atoms with Crippen molar-refractivity contribution in [3.63, 3.8) is 0 Å². The van der Waals surface area contributed by atoms with Gasteiger partial charge >= 0.3 is 0 Å². The molecule has 4 N–H and O–H groups in total. The molecule has 1 aliphatic heterocycles.